The van der Waals surface area contributed by atoms with E-state index in [-0.39, 0.29) is 19.3 Å². The summed E-state index contributed by atoms with van der Waals surface area (Å²) >= 11 is 0. The van der Waals surface area contributed by atoms with Crippen LogP contribution in [0.4, 0.5) is 0 Å². The van der Waals surface area contributed by atoms with Gasteiger partial charge in [-0.25, -0.2) is 0 Å². The lowest BCUT2D eigenvalue weighted by atomic mass is 10.0. The van der Waals surface area contributed by atoms with Gasteiger partial charge in [0.25, 0.3) is 0 Å². The van der Waals surface area contributed by atoms with E-state index in [0.717, 1.165) is 0 Å². The summed E-state index contributed by atoms with van der Waals surface area (Å²) in [6.45, 7) is -0.465. The minimum Gasteiger partial charge on any atom is -0.481 e. The Bertz CT molecular complexity index is 309. The SMILES string of the molecule is NC(CCCC(=O)O)CC(CC[N+](=O)[O-])[N+](=O)[O-]. The molecule has 0 saturated carbocycles. The number of nitro groups is 2. The third-order valence-corrected chi connectivity index (χ3v) is 2.48. The summed E-state index contributed by atoms with van der Waals surface area (Å²) in [5.41, 5.74) is 5.64. The zero-order valence-corrected chi connectivity index (χ0v) is 9.86. The molecule has 0 aromatic heterocycles. The minimum absolute atomic E-state index is 0.0282. The Morgan fingerprint density at radius 3 is 2.33 bits per heavy atom. The second-order valence-electron chi connectivity index (χ2n) is 4.07. The number of carbonyl (C=O) groups is 1. The zero-order valence-electron chi connectivity index (χ0n) is 9.86. The molecule has 0 aliphatic carbocycles. The van der Waals surface area contributed by atoms with E-state index in [1.54, 1.807) is 0 Å². The van der Waals surface area contributed by atoms with E-state index in [1.807, 2.05) is 0 Å². The molecule has 104 valence electrons. The van der Waals surface area contributed by atoms with Gasteiger partial charge in [0.1, 0.15) is 0 Å². The normalized spacial score (nSPS) is 13.8. The number of hydrogen-bond acceptors (Lipinski definition) is 6. The summed E-state index contributed by atoms with van der Waals surface area (Å²) in [4.78, 5) is 29.9. The minimum atomic E-state index is -1.05. The summed E-state index contributed by atoms with van der Waals surface area (Å²) in [6, 6.07) is -1.55. The van der Waals surface area contributed by atoms with Gasteiger partial charge in [-0.1, -0.05) is 0 Å². The van der Waals surface area contributed by atoms with Crippen molar-refractivity contribution in [3.05, 3.63) is 20.2 Å². The third kappa shape index (κ3) is 8.39. The second kappa shape index (κ2) is 8.34. The van der Waals surface area contributed by atoms with Crippen LogP contribution >= 0.6 is 0 Å². The summed E-state index contributed by atoms with van der Waals surface area (Å²) < 4.78 is 0. The molecule has 0 heterocycles. The van der Waals surface area contributed by atoms with Gasteiger partial charge in [0.05, 0.1) is 6.42 Å². The van der Waals surface area contributed by atoms with Crippen molar-refractivity contribution in [2.45, 2.75) is 44.2 Å². The molecule has 3 N–H and O–H groups in total. The second-order valence-corrected chi connectivity index (χ2v) is 4.07. The predicted molar refractivity (Wildman–Crippen MR) is 61.3 cm³/mol. The van der Waals surface area contributed by atoms with Crippen LogP contribution in [0.2, 0.25) is 0 Å². The van der Waals surface area contributed by atoms with Crippen LogP contribution in [0.25, 0.3) is 0 Å². The van der Waals surface area contributed by atoms with Crippen LogP contribution in [-0.4, -0.2) is 39.6 Å². The van der Waals surface area contributed by atoms with Crippen LogP contribution in [0, 0.1) is 20.2 Å². The largest absolute Gasteiger partial charge is 0.481 e. The van der Waals surface area contributed by atoms with Crippen LogP contribution in [-0.2, 0) is 4.79 Å². The molecule has 0 aromatic rings. The highest BCUT2D eigenvalue weighted by atomic mass is 16.6. The molecule has 0 amide bonds. The molecule has 0 aromatic carbocycles. The number of carboxylic acids is 1. The highest BCUT2D eigenvalue weighted by Crippen LogP contribution is 2.10. The van der Waals surface area contributed by atoms with Gasteiger partial charge in [-0.05, 0) is 12.8 Å². The molecule has 0 fully saturated rings. The molecule has 9 nitrogen and oxygen atoms in total. The number of aliphatic carboxylic acids is 1. The van der Waals surface area contributed by atoms with Crippen LogP contribution in [0.1, 0.15) is 32.1 Å². The molecule has 0 rings (SSSR count). The Kier molecular flexibility index (Phi) is 7.52. The molecular formula is C9H17N3O6. The Morgan fingerprint density at radius 1 is 1.28 bits per heavy atom. The Labute approximate surface area is 103 Å². The molecule has 0 bridgehead atoms. The van der Waals surface area contributed by atoms with Gasteiger partial charge in [-0.3, -0.25) is 25.0 Å². The first kappa shape index (κ1) is 16.2. The van der Waals surface area contributed by atoms with Crippen molar-refractivity contribution in [1.29, 1.82) is 0 Å². The average Bonchev–Trinajstić information content (AvgIpc) is 2.22. The molecule has 0 aliphatic rings. The van der Waals surface area contributed by atoms with Gasteiger partial charge in [-0.15, -0.1) is 0 Å². The topological polar surface area (TPSA) is 150 Å². The average molecular weight is 263 g/mol. The quantitative estimate of drug-likeness (QED) is 0.424. The van der Waals surface area contributed by atoms with Crippen molar-refractivity contribution in [2.24, 2.45) is 5.73 Å². The van der Waals surface area contributed by atoms with E-state index in [9.17, 15) is 25.0 Å². The van der Waals surface area contributed by atoms with E-state index < -0.39 is 34.4 Å². The fourth-order valence-corrected chi connectivity index (χ4v) is 1.55. The van der Waals surface area contributed by atoms with Crippen molar-refractivity contribution < 1.29 is 19.7 Å². The van der Waals surface area contributed by atoms with E-state index in [0.29, 0.717) is 12.8 Å². The van der Waals surface area contributed by atoms with Crippen LogP contribution in [0.3, 0.4) is 0 Å². The maximum atomic E-state index is 10.7. The van der Waals surface area contributed by atoms with Gasteiger partial charge in [-0.2, -0.15) is 0 Å². The zero-order chi connectivity index (χ0) is 14.1. The van der Waals surface area contributed by atoms with Crippen molar-refractivity contribution in [3.63, 3.8) is 0 Å². The van der Waals surface area contributed by atoms with Gasteiger partial charge >= 0.3 is 5.97 Å². The molecule has 2 unspecified atom stereocenters. The first-order valence-electron chi connectivity index (χ1n) is 5.55. The number of nitrogens with zero attached hydrogens (tertiary/aromatic N) is 2. The Morgan fingerprint density at radius 2 is 1.89 bits per heavy atom. The molecule has 9 heteroatoms. The summed E-state index contributed by atoms with van der Waals surface area (Å²) in [7, 11) is 0. The fraction of sp³-hybridized carbons (Fsp3) is 0.889. The monoisotopic (exact) mass is 263 g/mol. The molecule has 0 radical (unpaired) electrons. The molecule has 2 atom stereocenters. The lowest BCUT2D eigenvalue weighted by molar-refractivity contribution is -0.542. The maximum Gasteiger partial charge on any atom is 0.303 e. The van der Waals surface area contributed by atoms with Gasteiger partial charge in [0.15, 0.2) is 0 Å². The fourth-order valence-electron chi connectivity index (χ4n) is 1.55. The molecule has 0 aliphatic heterocycles. The smallest absolute Gasteiger partial charge is 0.303 e. The Balaban J connectivity index is 4.03. The van der Waals surface area contributed by atoms with E-state index >= 15 is 0 Å². The first-order chi connectivity index (χ1) is 8.32. The number of nitrogens with two attached hydrogens (primary N) is 1. The Hall–Kier alpha value is -1.77. The van der Waals surface area contributed by atoms with Crippen LogP contribution in [0.5, 0.6) is 0 Å². The van der Waals surface area contributed by atoms with Crippen LogP contribution < -0.4 is 5.73 Å². The van der Waals surface area contributed by atoms with Crippen molar-refractivity contribution >= 4 is 5.97 Å². The van der Waals surface area contributed by atoms with Gasteiger partial charge < -0.3 is 10.8 Å². The number of rotatable bonds is 10. The van der Waals surface area contributed by atoms with E-state index in [4.69, 9.17) is 10.8 Å². The van der Waals surface area contributed by atoms with Gasteiger partial charge in [0, 0.05) is 28.7 Å². The molecule has 0 saturated heterocycles. The molecular weight excluding hydrogens is 246 g/mol. The highest BCUT2D eigenvalue weighted by Gasteiger charge is 2.25. The summed E-state index contributed by atoms with van der Waals surface area (Å²) in [5.74, 6) is -0.943. The molecule has 18 heavy (non-hydrogen) atoms. The lowest BCUT2D eigenvalue weighted by Crippen LogP contribution is -2.32. The standard InChI is InChI=1S/C9H17N3O6/c10-7(2-1-3-9(13)14)6-8(12(17)18)4-5-11(15)16/h7-8H,1-6,10H2,(H,13,14). The highest BCUT2D eigenvalue weighted by molar-refractivity contribution is 5.66. The van der Waals surface area contributed by atoms with Crippen LogP contribution in [0.15, 0.2) is 0 Å². The van der Waals surface area contributed by atoms with E-state index in [2.05, 4.69) is 0 Å². The number of carboxylic acid groups (broad SMARTS) is 1. The first-order valence-corrected chi connectivity index (χ1v) is 5.55. The van der Waals surface area contributed by atoms with E-state index in [1.165, 1.54) is 0 Å². The third-order valence-electron chi connectivity index (χ3n) is 2.48. The molecule has 0 spiro atoms. The van der Waals surface area contributed by atoms with Crippen molar-refractivity contribution in [1.82, 2.24) is 0 Å². The predicted octanol–water partition coefficient (Wildman–Crippen LogP) is 0.271. The van der Waals surface area contributed by atoms with Gasteiger partial charge in [0.2, 0.25) is 12.6 Å². The summed E-state index contributed by atoms with van der Waals surface area (Å²) in [6.07, 6.45) is 0.532. The maximum absolute atomic E-state index is 10.7. The summed E-state index contributed by atoms with van der Waals surface area (Å²) in [5, 5.41) is 29.2. The van der Waals surface area contributed by atoms with Crippen molar-refractivity contribution in [3.8, 4) is 0 Å². The van der Waals surface area contributed by atoms with Crippen molar-refractivity contribution in [2.75, 3.05) is 6.54 Å². The lowest BCUT2D eigenvalue weighted by Gasteiger charge is -2.13. The number of hydrogen-bond donors (Lipinski definition) is 2.